The number of rotatable bonds is 2. The summed E-state index contributed by atoms with van der Waals surface area (Å²) in [5.74, 6) is 0. The molecule has 0 atom stereocenters. The fraction of sp³-hybridized carbons (Fsp3) is 0.455. The predicted octanol–water partition coefficient (Wildman–Crippen LogP) is 6.95. The summed E-state index contributed by atoms with van der Waals surface area (Å²) < 4.78 is 10.0. The van der Waals surface area contributed by atoms with Crippen LogP contribution in [-0.2, 0) is 0 Å². The number of nitrogens with zero attached hydrogens (tertiary/aromatic N) is 6. The van der Waals surface area contributed by atoms with Crippen molar-refractivity contribution in [1.82, 2.24) is 7.05 Å². The molecule has 1 fully saturated rings. The predicted molar refractivity (Wildman–Crippen MR) is 139 cm³/mol. The van der Waals surface area contributed by atoms with Crippen LogP contribution in [0.2, 0.25) is 23.1 Å². The molecule has 1 spiro atoms. The molecule has 2 aromatic rings. The van der Waals surface area contributed by atoms with Crippen LogP contribution in [-0.4, -0.2) is 40.7 Å². The number of halogens is 2. The van der Waals surface area contributed by atoms with Gasteiger partial charge in [-0.3, -0.25) is 0 Å². The van der Waals surface area contributed by atoms with Crippen molar-refractivity contribution < 1.29 is 0 Å². The zero-order valence-corrected chi connectivity index (χ0v) is 24.7. The summed E-state index contributed by atoms with van der Waals surface area (Å²) in [6.07, 6.45) is 0. The van der Waals surface area contributed by atoms with Crippen molar-refractivity contribution in [3.05, 3.63) is 58.6 Å². The summed E-state index contributed by atoms with van der Waals surface area (Å²) in [5, 5.41) is 11.1. The molecular weight excluding hydrogens is 520 g/mol. The van der Waals surface area contributed by atoms with Crippen molar-refractivity contribution in [2.24, 2.45) is 10.4 Å². The average molecular weight is 552 g/mol. The zero-order valence-electron chi connectivity index (χ0n) is 20.1. The first-order valence-corrected chi connectivity index (χ1v) is 18.3. The monoisotopic (exact) mass is 552 g/mol. The van der Waals surface area contributed by atoms with Crippen molar-refractivity contribution in [1.29, 1.82) is 0 Å². The van der Waals surface area contributed by atoms with Gasteiger partial charge in [0.15, 0.2) is 0 Å². The van der Waals surface area contributed by atoms with E-state index in [0.29, 0.717) is 10.0 Å². The van der Waals surface area contributed by atoms with Gasteiger partial charge < -0.3 is 0 Å². The summed E-state index contributed by atoms with van der Waals surface area (Å²) in [6, 6.07) is 15.9. The number of hydrogen-bond donors (Lipinski definition) is 0. The Balaban J connectivity index is 2.00. The fourth-order valence-electron chi connectivity index (χ4n) is 5.71. The molecule has 10 heteroatoms. The Morgan fingerprint density at radius 3 is 1.25 bits per heavy atom. The molecule has 2 aliphatic rings. The van der Waals surface area contributed by atoms with Gasteiger partial charge in [-0.1, -0.05) is 0 Å². The van der Waals surface area contributed by atoms with Crippen LogP contribution in [0.1, 0.15) is 41.5 Å². The van der Waals surface area contributed by atoms with Gasteiger partial charge in [0.1, 0.15) is 0 Å². The van der Waals surface area contributed by atoms with Gasteiger partial charge in [0.25, 0.3) is 0 Å². The first kappa shape index (κ1) is 24.0. The molecule has 0 saturated carbocycles. The van der Waals surface area contributed by atoms with Gasteiger partial charge in [-0.25, -0.2) is 0 Å². The second-order valence-electron chi connectivity index (χ2n) is 10.9. The second kappa shape index (κ2) is 7.71. The van der Waals surface area contributed by atoms with E-state index in [0.717, 1.165) is 11.4 Å². The van der Waals surface area contributed by atoms with Gasteiger partial charge in [0.2, 0.25) is 0 Å². The molecule has 6 nitrogen and oxygen atoms in total. The first-order chi connectivity index (χ1) is 14.7. The van der Waals surface area contributed by atoms with E-state index in [-0.39, 0.29) is 11.1 Å². The minimum atomic E-state index is -3.58. The van der Waals surface area contributed by atoms with Gasteiger partial charge in [0, 0.05) is 0 Å². The molecule has 0 unspecified atom stereocenters. The SMILES string of the molecule is CC(C)(C)[N]1[Si](C)(C)[N](C(C)(C)C)[Ge]12[N](c1ccc(Cl)cc1)N=N[N]2c1ccc(Cl)cc1. The van der Waals surface area contributed by atoms with Crippen molar-refractivity contribution in [3.63, 3.8) is 0 Å². The molecule has 1 saturated heterocycles. The molecule has 32 heavy (non-hydrogen) atoms. The molecule has 0 aliphatic carbocycles. The fourth-order valence-corrected chi connectivity index (χ4v) is 32.1. The van der Waals surface area contributed by atoms with Crippen LogP contribution >= 0.6 is 23.2 Å². The molecule has 0 N–H and O–H groups in total. The molecule has 2 aromatic carbocycles. The molecular formula is C22H32Cl2GeN6Si. The number of anilines is 2. The third-order valence-corrected chi connectivity index (χ3v) is 29.2. The van der Waals surface area contributed by atoms with Gasteiger partial charge >= 0.3 is 207 Å². The van der Waals surface area contributed by atoms with Crippen LogP contribution < -0.4 is 7.93 Å². The maximum absolute atomic E-state index is 6.23. The summed E-state index contributed by atoms with van der Waals surface area (Å²) in [7, 11) is -1.99. The van der Waals surface area contributed by atoms with Crippen LogP contribution in [0.3, 0.4) is 0 Å². The maximum atomic E-state index is 6.23. The minimum absolute atomic E-state index is 0.0534. The molecule has 0 bridgehead atoms. The van der Waals surface area contributed by atoms with E-state index in [1.807, 2.05) is 48.5 Å². The average Bonchev–Trinajstić information content (AvgIpc) is 3.00. The standard InChI is InChI=1S/C22H32Cl2GeN6Si/c1-21(2,3)30-25(31(22(4,5)6)32(30,7)8)28(19-13-9-17(23)10-14-19)26-27-29(25)20-15-11-18(24)12-16-20/h9-16H,1-8H3. The van der Waals surface area contributed by atoms with E-state index in [9.17, 15) is 0 Å². The number of benzene rings is 2. The summed E-state index contributed by atoms with van der Waals surface area (Å²) >= 11 is 8.88. The van der Waals surface area contributed by atoms with Crippen LogP contribution in [0, 0.1) is 0 Å². The molecule has 0 radical (unpaired) electrons. The van der Waals surface area contributed by atoms with Crippen LogP contribution in [0.25, 0.3) is 0 Å². The molecule has 0 amide bonds. The third-order valence-electron chi connectivity index (χ3n) is 5.97. The van der Waals surface area contributed by atoms with E-state index in [2.05, 4.69) is 69.6 Å². The molecule has 4 rings (SSSR count). The Morgan fingerprint density at radius 1 is 0.656 bits per heavy atom. The third kappa shape index (κ3) is 3.52. The van der Waals surface area contributed by atoms with E-state index in [4.69, 9.17) is 33.6 Å². The van der Waals surface area contributed by atoms with E-state index < -0.39 is 22.6 Å². The summed E-state index contributed by atoms with van der Waals surface area (Å²) in [4.78, 5) is 0. The van der Waals surface area contributed by atoms with Crippen molar-refractivity contribution >= 4 is 57.1 Å². The Labute approximate surface area is 206 Å². The first-order valence-electron chi connectivity index (χ1n) is 10.9. The Kier molecular flexibility index (Phi) is 5.79. The van der Waals surface area contributed by atoms with Gasteiger partial charge in [-0.2, -0.15) is 0 Å². The van der Waals surface area contributed by atoms with E-state index >= 15 is 0 Å². The molecule has 2 aliphatic heterocycles. The molecule has 2 heterocycles. The molecule has 172 valence electrons. The van der Waals surface area contributed by atoms with Crippen LogP contribution in [0.4, 0.5) is 11.4 Å². The van der Waals surface area contributed by atoms with Gasteiger partial charge in [0.05, 0.1) is 0 Å². The Bertz CT molecular complexity index is 949. The van der Waals surface area contributed by atoms with E-state index in [1.165, 1.54) is 0 Å². The van der Waals surface area contributed by atoms with Gasteiger partial charge in [-0.05, 0) is 0 Å². The Morgan fingerprint density at radius 2 is 0.969 bits per heavy atom. The Hall–Kier alpha value is -1.10. The quantitative estimate of drug-likeness (QED) is 0.378. The van der Waals surface area contributed by atoms with Gasteiger partial charge in [-0.15, -0.1) is 0 Å². The topological polar surface area (TPSA) is 37.7 Å². The van der Waals surface area contributed by atoms with Crippen molar-refractivity contribution in [2.45, 2.75) is 65.7 Å². The van der Waals surface area contributed by atoms with Crippen molar-refractivity contribution in [3.8, 4) is 0 Å². The van der Waals surface area contributed by atoms with Crippen molar-refractivity contribution in [2.75, 3.05) is 7.93 Å². The summed E-state index contributed by atoms with van der Waals surface area (Å²) in [5.41, 5.74) is 1.93. The normalized spacial score (nSPS) is 20.8. The summed E-state index contributed by atoms with van der Waals surface area (Å²) in [6.45, 7) is 18.8. The number of hydrogen-bond acceptors (Lipinski definition) is 6. The zero-order chi connectivity index (χ0) is 23.7. The van der Waals surface area contributed by atoms with Crippen LogP contribution in [0.5, 0.6) is 0 Å². The van der Waals surface area contributed by atoms with Crippen LogP contribution in [0.15, 0.2) is 59.0 Å². The second-order valence-corrected chi connectivity index (χ2v) is 23.7. The molecule has 0 aromatic heterocycles. The van der Waals surface area contributed by atoms with E-state index in [1.54, 1.807) is 0 Å².